The van der Waals surface area contributed by atoms with Gasteiger partial charge >= 0.3 is 0 Å². The number of rotatable bonds is 9. The van der Waals surface area contributed by atoms with Gasteiger partial charge in [0, 0.05) is 28.7 Å². The third kappa shape index (κ3) is 7.92. The van der Waals surface area contributed by atoms with Gasteiger partial charge in [-0.05, 0) is 79.4 Å². The molecule has 0 aliphatic carbocycles. The van der Waals surface area contributed by atoms with Crippen LogP contribution < -0.4 is 15.4 Å². The first-order valence-corrected chi connectivity index (χ1v) is 12.9. The molecular weight excluding hydrogens is 598 g/mol. The number of carbonyl (C=O) groups is 2. The second-order valence-corrected chi connectivity index (χ2v) is 10.5. The molecular formula is C27H24BrCl2FN4O3. The normalized spacial score (nSPS) is 11.6. The molecule has 3 aromatic rings. The van der Waals surface area contributed by atoms with E-state index < -0.39 is 11.7 Å². The van der Waals surface area contributed by atoms with Gasteiger partial charge in [-0.2, -0.15) is 5.26 Å². The van der Waals surface area contributed by atoms with Crippen molar-refractivity contribution in [1.29, 1.82) is 5.26 Å². The van der Waals surface area contributed by atoms with Gasteiger partial charge in [0.05, 0.1) is 33.2 Å². The lowest BCUT2D eigenvalue weighted by molar-refractivity contribution is -0.115. The average Bonchev–Trinajstić information content (AvgIpc) is 2.83. The van der Waals surface area contributed by atoms with Crippen molar-refractivity contribution in [2.24, 2.45) is 0 Å². The topological polar surface area (TPSA) is 94.5 Å². The van der Waals surface area contributed by atoms with Crippen LogP contribution in [0, 0.1) is 17.1 Å². The highest BCUT2D eigenvalue weighted by molar-refractivity contribution is 9.10. The molecule has 198 valence electrons. The predicted molar refractivity (Wildman–Crippen MR) is 150 cm³/mol. The Morgan fingerprint density at radius 2 is 1.89 bits per heavy atom. The Morgan fingerprint density at radius 3 is 2.55 bits per heavy atom. The van der Waals surface area contributed by atoms with Crippen molar-refractivity contribution in [3.63, 3.8) is 0 Å². The van der Waals surface area contributed by atoms with E-state index in [1.807, 2.05) is 32.0 Å². The maximum absolute atomic E-state index is 15.3. The summed E-state index contributed by atoms with van der Waals surface area (Å²) in [6.45, 7) is 2.57. The summed E-state index contributed by atoms with van der Waals surface area (Å²) in [4.78, 5) is 27.2. The summed E-state index contributed by atoms with van der Waals surface area (Å²) in [6, 6.07) is 13.7. The number of amides is 2. The standard InChI is InChI=1S/C27H24BrCl2FN4O3/c1-15(14-35(2)3)33-27(37)18-5-7-23(22(30)10-18)34-24(36)11-17-4-6-21(28)26(25(17)31)38-20-9-16(13-32)8-19(29)12-20/h4-10,12,15H,11,14H2,1-3H3,(H,33,37)(H,34,36). The van der Waals surface area contributed by atoms with E-state index in [4.69, 9.17) is 33.2 Å². The number of nitrogens with one attached hydrogen (secondary N) is 2. The molecule has 38 heavy (non-hydrogen) atoms. The van der Waals surface area contributed by atoms with Gasteiger partial charge < -0.3 is 20.3 Å². The molecule has 0 saturated carbocycles. The number of hydrogen-bond donors (Lipinski definition) is 2. The highest BCUT2D eigenvalue weighted by Gasteiger charge is 2.19. The summed E-state index contributed by atoms with van der Waals surface area (Å²) in [5.74, 6) is -1.55. The molecule has 7 nitrogen and oxygen atoms in total. The Labute approximate surface area is 238 Å². The summed E-state index contributed by atoms with van der Waals surface area (Å²) in [7, 11) is 3.82. The lowest BCUT2D eigenvalue weighted by Crippen LogP contribution is -2.39. The molecule has 0 aromatic heterocycles. The van der Waals surface area contributed by atoms with E-state index in [-0.39, 0.29) is 56.7 Å². The number of carbonyl (C=O) groups excluding carboxylic acids is 2. The number of anilines is 1. The first-order valence-electron chi connectivity index (χ1n) is 11.4. The van der Waals surface area contributed by atoms with Gasteiger partial charge in [0.2, 0.25) is 5.91 Å². The molecule has 1 unspecified atom stereocenters. The van der Waals surface area contributed by atoms with Crippen LogP contribution in [0.2, 0.25) is 10.0 Å². The van der Waals surface area contributed by atoms with Gasteiger partial charge in [-0.1, -0.05) is 29.3 Å². The maximum atomic E-state index is 15.3. The predicted octanol–water partition coefficient (Wildman–Crippen LogP) is 6.42. The molecule has 1 atom stereocenters. The highest BCUT2D eigenvalue weighted by atomic mass is 79.9. The largest absolute Gasteiger partial charge is 0.453 e. The van der Waals surface area contributed by atoms with Crippen molar-refractivity contribution in [2.45, 2.75) is 19.4 Å². The third-order valence-electron chi connectivity index (χ3n) is 5.22. The van der Waals surface area contributed by atoms with E-state index in [2.05, 4.69) is 26.6 Å². The summed E-state index contributed by atoms with van der Waals surface area (Å²) < 4.78 is 21.3. The van der Waals surface area contributed by atoms with Crippen LogP contribution in [0.3, 0.4) is 0 Å². The SMILES string of the molecule is CC(CN(C)C)NC(=O)c1ccc(NC(=O)Cc2ccc(Br)c(Oc3cc(Cl)cc(C#N)c3)c2F)c(Cl)c1. The summed E-state index contributed by atoms with van der Waals surface area (Å²) >= 11 is 15.6. The Kier molecular flexibility index (Phi) is 10.1. The van der Waals surface area contributed by atoms with Crippen LogP contribution in [0.4, 0.5) is 10.1 Å². The number of likely N-dealkylation sites (N-methyl/N-ethyl adjacent to an activating group) is 1. The minimum absolute atomic E-state index is 0.0717. The lowest BCUT2D eigenvalue weighted by Gasteiger charge is -2.18. The van der Waals surface area contributed by atoms with Crippen LogP contribution in [0.25, 0.3) is 0 Å². The molecule has 0 fully saturated rings. The Bertz CT molecular complexity index is 1410. The van der Waals surface area contributed by atoms with Crippen molar-refractivity contribution in [3.8, 4) is 17.6 Å². The quantitative estimate of drug-likeness (QED) is 0.288. The van der Waals surface area contributed by atoms with E-state index in [0.717, 1.165) is 0 Å². The smallest absolute Gasteiger partial charge is 0.251 e. The van der Waals surface area contributed by atoms with E-state index in [0.29, 0.717) is 16.6 Å². The monoisotopic (exact) mass is 620 g/mol. The summed E-state index contributed by atoms with van der Waals surface area (Å²) in [5, 5.41) is 15.1. The van der Waals surface area contributed by atoms with Gasteiger partial charge in [-0.3, -0.25) is 9.59 Å². The molecule has 11 heteroatoms. The molecule has 0 saturated heterocycles. The molecule has 2 amide bonds. The Morgan fingerprint density at radius 1 is 1.16 bits per heavy atom. The molecule has 0 bridgehead atoms. The number of nitrogens with zero attached hydrogens (tertiary/aromatic N) is 2. The van der Waals surface area contributed by atoms with Crippen molar-refractivity contribution >= 4 is 56.6 Å². The van der Waals surface area contributed by atoms with Gasteiger partial charge in [-0.25, -0.2) is 4.39 Å². The Balaban J connectivity index is 1.71. The second kappa shape index (κ2) is 13.1. The minimum Gasteiger partial charge on any atom is -0.453 e. The van der Waals surface area contributed by atoms with Gasteiger partial charge in [0.1, 0.15) is 5.75 Å². The molecule has 3 rings (SSSR count). The van der Waals surface area contributed by atoms with Gasteiger partial charge in [-0.15, -0.1) is 0 Å². The van der Waals surface area contributed by atoms with Crippen LogP contribution in [0.5, 0.6) is 11.5 Å². The number of nitriles is 1. The number of ether oxygens (including phenoxy) is 1. The van der Waals surface area contributed by atoms with Crippen molar-refractivity contribution < 1.29 is 18.7 Å². The van der Waals surface area contributed by atoms with E-state index in [9.17, 15) is 9.59 Å². The third-order valence-corrected chi connectivity index (χ3v) is 6.38. The van der Waals surface area contributed by atoms with Gasteiger partial charge in [0.25, 0.3) is 5.91 Å². The molecule has 3 aromatic carbocycles. The number of hydrogen-bond acceptors (Lipinski definition) is 5. The fraction of sp³-hybridized carbons (Fsp3) is 0.222. The van der Waals surface area contributed by atoms with Crippen molar-refractivity contribution in [1.82, 2.24) is 10.2 Å². The lowest BCUT2D eigenvalue weighted by atomic mass is 10.1. The van der Waals surface area contributed by atoms with Crippen molar-refractivity contribution in [2.75, 3.05) is 26.0 Å². The second-order valence-electron chi connectivity index (χ2n) is 8.80. The average molecular weight is 622 g/mol. The molecule has 0 aliphatic rings. The molecule has 0 aliphatic heterocycles. The zero-order chi connectivity index (χ0) is 28.0. The fourth-order valence-corrected chi connectivity index (χ4v) is 4.47. The molecule has 0 heterocycles. The van der Waals surface area contributed by atoms with Crippen LogP contribution in [0.15, 0.2) is 53.0 Å². The number of halogens is 4. The van der Waals surface area contributed by atoms with E-state index in [1.165, 1.54) is 36.4 Å². The fourth-order valence-electron chi connectivity index (χ4n) is 3.63. The molecule has 2 N–H and O–H groups in total. The van der Waals surface area contributed by atoms with Crippen LogP contribution >= 0.6 is 39.1 Å². The van der Waals surface area contributed by atoms with E-state index >= 15 is 4.39 Å². The van der Waals surface area contributed by atoms with Crippen LogP contribution in [-0.2, 0) is 11.2 Å². The zero-order valence-electron chi connectivity index (χ0n) is 20.7. The number of benzene rings is 3. The highest BCUT2D eigenvalue weighted by Crippen LogP contribution is 2.36. The minimum atomic E-state index is -0.752. The Hall–Kier alpha value is -3.16. The van der Waals surface area contributed by atoms with Crippen LogP contribution in [-0.4, -0.2) is 43.4 Å². The first-order chi connectivity index (χ1) is 18.0. The molecule has 0 radical (unpaired) electrons. The summed E-state index contributed by atoms with van der Waals surface area (Å²) in [5.41, 5.74) is 0.958. The van der Waals surface area contributed by atoms with Crippen LogP contribution in [0.1, 0.15) is 28.4 Å². The zero-order valence-corrected chi connectivity index (χ0v) is 23.8. The maximum Gasteiger partial charge on any atom is 0.251 e. The first kappa shape index (κ1) is 29.4. The molecule has 0 spiro atoms. The van der Waals surface area contributed by atoms with E-state index in [1.54, 1.807) is 12.1 Å². The summed E-state index contributed by atoms with van der Waals surface area (Å²) in [6.07, 6.45) is -0.310. The van der Waals surface area contributed by atoms with Crippen molar-refractivity contribution in [3.05, 3.63) is 85.6 Å². The van der Waals surface area contributed by atoms with Gasteiger partial charge in [0.15, 0.2) is 11.6 Å².